The molecule has 0 aliphatic rings. The van der Waals surface area contributed by atoms with E-state index in [1.807, 2.05) is 30.3 Å². The van der Waals surface area contributed by atoms with Gasteiger partial charge in [-0.2, -0.15) is 0 Å². The van der Waals surface area contributed by atoms with Crippen molar-refractivity contribution in [1.29, 1.82) is 0 Å². The first-order valence-corrected chi connectivity index (χ1v) is 13.4. The summed E-state index contributed by atoms with van der Waals surface area (Å²) in [6, 6.07) is 8.76. The lowest BCUT2D eigenvalue weighted by atomic mass is 10.1. The Hall–Kier alpha value is -3.82. The van der Waals surface area contributed by atoms with Crippen molar-refractivity contribution < 1.29 is 33.0 Å². The first-order chi connectivity index (χ1) is 18.5. The second kappa shape index (κ2) is 13.5. The van der Waals surface area contributed by atoms with Gasteiger partial charge in [-0.05, 0) is 61.0 Å². The molecule has 1 heterocycles. The smallest absolute Gasteiger partial charge is 0.408 e. The number of aryl methyl sites for hydroxylation is 1. The number of hydrogen-bond acceptors (Lipinski definition) is 8. The summed E-state index contributed by atoms with van der Waals surface area (Å²) < 4.78 is 22.5. The zero-order valence-corrected chi connectivity index (χ0v) is 25.0. The predicted molar refractivity (Wildman–Crippen MR) is 150 cm³/mol. The van der Waals surface area contributed by atoms with Gasteiger partial charge in [0.2, 0.25) is 16.9 Å². The van der Waals surface area contributed by atoms with Crippen LogP contribution in [0.2, 0.25) is 0 Å². The number of amides is 2. The van der Waals surface area contributed by atoms with E-state index in [2.05, 4.69) is 5.32 Å². The highest BCUT2D eigenvalue weighted by molar-refractivity contribution is 5.95. The van der Waals surface area contributed by atoms with Crippen LogP contribution in [-0.4, -0.2) is 52.7 Å². The lowest BCUT2D eigenvalue weighted by Gasteiger charge is -2.32. The molecular weight excluding hydrogens is 516 g/mol. The quantitative estimate of drug-likeness (QED) is 0.410. The largest absolute Gasteiger partial charge is 0.481 e. The number of carbonyl (C=O) groups is 3. The van der Waals surface area contributed by atoms with Crippen LogP contribution >= 0.6 is 0 Å². The molecule has 40 heavy (non-hydrogen) atoms. The Kier molecular flexibility index (Phi) is 10.9. The van der Waals surface area contributed by atoms with E-state index in [0.717, 1.165) is 5.56 Å². The molecule has 1 aromatic heterocycles. The molecule has 0 radical (unpaired) electrons. The van der Waals surface area contributed by atoms with Crippen LogP contribution in [0.5, 0.6) is 5.75 Å². The molecular formula is C30H42N2O8. The third-order valence-corrected chi connectivity index (χ3v) is 5.37. The summed E-state index contributed by atoms with van der Waals surface area (Å²) in [4.78, 5) is 54.0. The highest BCUT2D eigenvalue weighted by atomic mass is 16.6. The van der Waals surface area contributed by atoms with E-state index in [-0.39, 0.29) is 24.7 Å². The second-order valence-electron chi connectivity index (χ2n) is 11.6. The van der Waals surface area contributed by atoms with Crippen molar-refractivity contribution in [2.75, 3.05) is 6.54 Å². The molecule has 0 aliphatic heterocycles. The van der Waals surface area contributed by atoms with E-state index in [0.29, 0.717) is 12.2 Å². The molecule has 0 saturated carbocycles. The van der Waals surface area contributed by atoms with E-state index < -0.39 is 46.7 Å². The topological polar surface area (TPSA) is 124 Å². The van der Waals surface area contributed by atoms with Crippen molar-refractivity contribution in [3.05, 3.63) is 63.7 Å². The number of ether oxygens (including phenoxy) is 3. The molecule has 1 atom stereocenters. The fourth-order valence-electron chi connectivity index (χ4n) is 3.57. The highest BCUT2D eigenvalue weighted by Crippen LogP contribution is 2.22. The summed E-state index contributed by atoms with van der Waals surface area (Å²) in [5, 5.41) is 2.53. The number of rotatable bonds is 10. The third-order valence-electron chi connectivity index (χ3n) is 5.37. The average Bonchev–Trinajstić information content (AvgIpc) is 2.83. The lowest BCUT2D eigenvalue weighted by Crippen LogP contribution is -2.54. The molecule has 1 N–H and O–H groups in total. The van der Waals surface area contributed by atoms with Crippen LogP contribution in [0.1, 0.15) is 84.2 Å². The lowest BCUT2D eigenvalue weighted by molar-refractivity contribution is -0.157. The first-order valence-electron chi connectivity index (χ1n) is 13.4. The fourth-order valence-corrected chi connectivity index (χ4v) is 3.57. The molecule has 0 fully saturated rings. The van der Waals surface area contributed by atoms with Gasteiger partial charge in [0.15, 0.2) is 0 Å². The number of benzene rings is 1. The monoisotopic (exact) mass is 558 g/mol. The van der Waals surface area contributed by atoms with Gasteiger partial charge >= 0.3 is 12.1 Å². The molecule has 2 rings (SSSR count). The van der Waals surface area contributed by atoms with Crippen LogP contribution in [0.4, 0.5) is 4.79 Å². The van der Waals surface area contributed by atoms with Gasteiger partial charge in [-0.25, -0.2) is 9.59 Å². The van der Waals surface area contributed by atoms with E-state index in [9.17, 15) is 19.2 Å². The fraction of sp³-hybridized carbons (Fsp3) is 0.533. The van der Waals surface area contributed by atoms with Crippen LogP contribution in [0, 0.1) is 0 Å². The second-order valence-corrected chi connectivity index (χ2v) is 11.6. The Morgan fingerprint density at radius 3 is 2.10 bits per heavy atom. The number of nitrogens with zero attached hydrogens (tertiary/aromatic N) is 1. The summed E-state index contributed by atoms with van der Waals surface area (Å²) in [6.07, 6.45) is -0.470. The minimum Gasteiger partial charge on any atom is -0.481 e. The minimum atomic E-state index is -1.27. The van der Waals surface area contributed by atoms with Gasteiger partial charge in [-0.3, -0.25) is 9.59 Å². The normalized spacial score (nSPS) is 12.4. The molecule has 2 amide bonds. The van der Waals surface area contributed by atoms with Crippen molar-refractivity contribution in [1.82, 2.24) is 10.2 Å². The van der Waals surface area contributed by atoms with E-state index >= 15 is 0 Å². The molecule has 0 spiro atoms. The first kappa shape index (κ1) is 32.4. The van der Waals surface area contributed by atoms with Crippen LogP contribution in [0.3, 0.4) is 0 Å². The van der Waals surface area contributed by atoms with Crippen molar-refractivity contribution in [3.63, 3.8) is 0 Å². The van der Waals surface area contributed by atoms with Gasteiger partial charge in [-0.1, -0.05) is 37.3 Å². The van der Waals surface area contributed by atoms with Crippen LogP contribution in [-0.2, 0) is 27.3 Å². The number of esters is 1. The van der Waals surface area contributed by atoms with Gasteiger partial charge in [-0.15, -0.1) is 0 Å². The number of nitrogens with one attached hydrogen (secondary N) is 1. The summed E-state index contributed by atoms with van der Waals surface area (Å²) in [5.74, 6) is -1.63. The Morgan fingerprint density at radius 1 is 0.975 bits per heavy atom. The zero-order chi connectivity index (χ0) is 30.3. The third kappa shape index (κ3) is 10.1. The Labute approximate surface area is 236 Å². The number of alkyl carbamates (subject to hydrolysis) is 1. The maximum Gasteiger partial charge on any atom is 0.408 e. The molecule has 10 nitrogen and oxygen atoms in total. The molecule has 220 valence electrons. The Balaban J connectivity index is 2.46. The standard InChI is InChI=1S/C30H42N2O8/c1-10-21-16-23(33)24(37-18-20-14-12-11-13-15-20)25(38-21)26(34)32(19(2)3)17-22(27(35)39-29(4,5)6)31-28(36)40-30(7,8)9/h11-16,19,22H,10,17-18H2,1-9H3,(H,31,36). The van der Waals surface area contributed by atoms with Crippen molar-refractivity contribution in [2.24, 2.45) is 0 Å². The molecule has 10 heteroatoms. The van der Waals surface area contributed by atoms with Crippen molar-refractivity contribution in [2.45, 2.75) is 98.6 Å². The molecule has 0 saturated heterocycles. The molecule has 2 aromatic rings. The van der Waals surface area contributed by atoms with Crippen molar-refractivity contribution >= 4 is 18.0 Å². The highest BCUT2D eigenvalue weighted by Gasteiger charge is 2.35. The Bertz CT molecular complexity index is 1220. The number of hydrogen-bond donors (Lipinski definition) is 1. The molecule has 0 aliphatic carbocycles. The summed E-state index contributed by atoms with van der Waals surface area (Å²) in [5.41, 5.74) is -1.36. The summed E-state index contributed by atoms with van der Waals surface area (Å²) in [7, 11) is 0. The maximum absolute atomic E-state index is 13.9. The SMILES string of the molecule is CCc1cc(=O)c(OCc2ccccc2)c(C(=O)N(CC(NC(=O)OC(C)(C)C)C(=O)OC(C)(C)C)C(C)C)o1. The zero-order valence-electron chi connectivity index (χ0n) is 25.0. The summed E-state index contributed by atoms with van der Waals surface area (Å²) in [6.45, 7) is 15.2. The van der Waals surface area contributed by atoms with E-state index in [1.54, 1.807) is 62.3 Å². The molecule has 1 unspecified atom stereocenters. The van der Waals surface area contributed by atoms with Gasteiger partial charge in [0.1, 0.15) is 29.6 Å². The van der Waals surface area contributed by atoms with Crippen LogP contribution in [0.15, 0.2) is 45.6 Å². The number of carbonyl (C=O) groups excluding carboxylic acids is 3. The molecule has 0 bridgehead atoms. The van der Waals surface area contributed by atoms with Crippen molar-refractivity contribution in [3.8, 4) is 5.75 Å². The van der Waals surface area contributed by atoms with Gasteiger partial charge < -0.3 is 28.8 Å². The predicted octanol–water partition coefficient (Wildman–Crippen LogP) is 4.87. The Morgan fingerprint density at radius 2 is 1.57 bits per heavy atom. The van der Waals surface area contributed by atoms with Gasteiger partial charge in [0.05, 0.1) is 6.54 Å². The van der Waals surface area contributed by atoms with Crippen LogP contribution < -0.4 is 15.5 Å². The average molecular weight is 559 g/mol. The van der Waals surface area contributed by atoms with E-state index in [4.69, 9.17) is 18.6 Å². The minimum absolute atomic E-state index is 0.0414. The van der Waals surface area contributed by atoms with Crippen LogP contribution in [0.25, 0.3) is 0 Å². The maximum atomic E-state index is 13.9. The van der Waals surface area contributed by atoms with Gasteiger partial charge in [0, 0.05) is 18.5 Å². The molecule has 1 aromatic carbocycles. The van der Waals surface area contributed by atoms with E-state index in [1.165, 1.54) is 11.0 Å². The van der Waals surface area contributed by atoms with Gasteiger partial charge in [0.25, 0.3) is 5.91 Å². The summed E-state index contributed by atoms with van der Waals surface area (Å²) >= 11 is 0.